The maximum Gasteiger partial charge on any atom is 0.322 e. The minimum Gasteiger partial charge on any atom is -0.480 e. The van der Waals surface area contributed by atoms with Crippen molar-refractivity contribution in [1.29, 1.82) is 0 Å². The van der Waals surface area contributed by atoms with E-state index < -0.39 is 22.0 Å². The smallest absolute Gasteiger partial charge is 0.322 e. The summed E-state index contributed by atoms with van der Waals surface area (Å²) in [6, 6.07) is 1.37. The van der Waals surface area contributed by atoms with E-state index in [9.17, 15) is 13.2 Å². The van der Waals surface area contributed by atoms with Crippen molar-refractivity contribution in [3.05, 3.63) is 39.3 Å². The number of carboxylic acids is 1. The van der Waals surface area contributed by atoms with Gasteiger partial charge < -0.3 is 5.11 Å². The van der Waals surface area contributed by atoms with Gasteiger partial charge in [-0.2, -0.15) is 4.72 Å². The van der Waals surface area contributed by atoms with Crippen molar-refractivity contribution < 1.29 is 18.3 Å². The fourth-order valence-electron chi connectivity index (χ4n) is 1.40. The summed E-state index contributed by atoms with van der Waals surface area (Å²) >= 11 is 14.8. The molecule has 0 saturated carbocycles. The topological polar surface area (TPSA) is 83.5 Å². The van der Waals surface area contributed by atoms with Crippen molar-refractivity contribution in [3.63, 3.8) is 0 Å². The monoisotopic (exact) mass is 401 g/mol. The molecule has 110 valence electrons. The van der Waals surface area contributed by atoms with Crippen LogP contribution in [0.4, 0.5) is 0 Å². The predicted octanol–water partition coefficient (Wildman–Crippen LogP) is 3.06. The molecule has 9 heteroatoms. The molecule has 0 radical (unpaired) electrons. The number of hydrogen-bond donors (Lipinski definition) is 2. The summed E-state index contributed by atoms with van der Waals surface area (Å²) in [4.78, 5) is 10.6. The Kier molecular flexibility index (Phi) is 6.03. The summed E-state index contributed by atoms with van der Waals surface area (Å²) in [5.41, 5.74) is 0. The van der Waals surface area contributed by atoms with Gasteiger partial charge in [0.2, 0.25) is 10.0 Å². The number of nitrogens with one attached hydrogen (secondary N) is 1. The van der Waals surface area contributed by atoms with Gasteiger partial charge in [0.25, 0.3) is 0 Å². The molecule has 5 nitrogen and oxygen atoms in total. The minimum absolute atomic E-state index is 0.0691. The molecular formula is C11H10BrCl2NO4S. The second-order valence-corrected chi connectivity index (χ2v) is 7.12. The second kappa shape index (κ2) is 6.91. The van der Waals surface area contributed by atoms with Crippen LogP contribution in [-0.2, 0) is 14.8 Å². The first-order valence-corrected chi connectivity index (χ1v) is 8.23. The van der Waals surface area contributed by atoms with Crippen LogP contribution in [0.15, 0.2) is 34.2 Å². The Morgan fingerprint density at radius 2 is 1.95 bits per heavy atom. The first-order valence-electron chi connectivity index (χ1n) is 5.19. The van der Waals surface area contributed by atoms with Crippen molar-refractivity contribution in [2.45, 2.75) is 17.4 Å². The van der Waals surface area contributed by atoms with E-state index >= 15 is 0 Å². The highest BCUT2D eigenvalue weighted by Crippen LogP contribution is 2.32. The highest BCUT2D eigenvalue weighted by atomic mass is 79.9. The van der Waals surface area contributed by atoms with Gasteiger partial charge in [-0.05, 0) is 18.6 Å². The zero-order chi connectivity index (χ0) is 15.5. The predicted molar refractivity (Wildman–Crippen MR) is 80.7 cm³/mol. The van der Waals surface area contributed by atoms with Crippen LogP contribution in [0.1, 0.15) is 6.42 Å². The Morgan fingerprint density at radius 3 is 2.35 bits per heavy atom. The molecule has 0 aliphatic rings. The van der Waals surface area contributed by atoms with Gasteiger partial charge in [0.15, 0.2) is 0 Å². The molecule has 1 aromatic rings. The third-order valence-corrected chi connectivity index (χ3v) is 5.08. The van der Waals surface area contributed by atoms with Crippen molar-refractivity contribution in [2.24, 2.45) is 0 Å². The average molecular weight is 403 g/mol. The van der Waals surface area contributed by atoms with Gasteiger partial charge in [0.1, 0.15) is 10.9 Å². The highest BCUT2D eigenvalue weighted by Gasteiger charge is 2.28. The molecule has 0 aliphatic heterocycles. The fourth-order valence-corrected chi connectivity index (χ4v) is 4.54. The molecule has 1 aromatic carbocycles. The third kappa shape index (κ3) is 4.20. The van der Waals surface area contributed by atoms with Gasteiger partial charge in [0.05, 0.1) is 10.0 Å². The molecule has 0 amide bonds. The molecule has 0 spiro atoms. The maximum atomic E-state index is 12.2. The second-order valence-electron chi connectivity index (χ2n) is 3.74. The number of hydrogen-bond acceptors (Lipinski definition) is 3. The van der Waals surface area contributed by atoms with E-state index in [1.807, 2.05) is 4.72 Å². The largest absolute Gasteiger partial charge is 0.480 e. The van der Waals surface area contributed by atoms with E-state index in [2.05, 4.69) is 22.5 Å². The summed E-state index contributed by atoms with van der Waals surface area (Å²) < 4.78 is 26.9. The lowest BCUT2D eigenvalue weighted by molar-refractivity contribution is -0.138. The SMILES string of the molecule is C=CCC(NS(=O)(=O)c1c(Cl)cc(Br)cc1Cl)C(=O)O. The Hall–Kier alpha value is -0.600. The summed E-state index contributed by atoms with van der Waals surface area (Å²) in [6.07, 6.45) is 1.23. The van der Waals surface area contributed by atoms with Crippen LogP contribution >= 0.6 is 39.1 Å². The Morgan fingerprint density at radius 1 is 1.45 bits per heavy atom. The number of halogens is 3. The van der Waals surface area contributed by atoms with Crippen LogP contribution in [0, 0.1) is 0 Å². The fraction of sp³-hybridized carbons (Fsp3) is 0.182. The number of carboxylic acid groups (broad SMARTS) is 1. The van der Waals surface area contributed by atoms with E-state index in [1.54, 1.807) is 0 Å². The quantitative estimate of drug-likeness (QED) is 0.716. The van der Waals surface area contributed by atoms with Gasteiger partial charge in [-0.15, -0.1) is 6.58 Å². The van der Waals surface area contributed by atoms with E-state index in [0.717, 1.165) is 0 Å². The maximum absolute atomic E-state index is 12.2. The number of benzene rings is 1. The van der Waals surface area contributed by atoms with Crippen molar-refractivity contribution >= 4 is 55.1 Å². The number of aliphatic carboxylic acids is 1. The molecule has 0 bridgehead atoms. The molecule has 0 aliphatic carbocycles. The van der Waals surface area contributed by atoms with Gasteiger partial charge in [0, 0.05) is 4.47 Å². The standard InChI is InChI=1S/C11H10BrCl2NO4S/c1-2-3-9(11(16)17)15-20(18,19)10-7(13)4-6(12)5-8(10)14/h2,4-5,9,15H,1,3H2,(H,16,17). The molecule has 1 atom stereocenters. The summed E-state index contributed by atoms with van der Waals surface area (Å²) in [6.45, 7) is 3.38. The van der Waals surface area contributed by atoms with E-state index in [1.165, 1.54) is 18.2 Å². The molecule has 0 aromatic heterocycles. The lowest BCUT2D eigenvalue weighted by Gasteiger charge is -2.15. The zero-order valence-corrected chi connectivity index (χ0v) is 13.9. The van der Waals surface area contributed by atoms with Crippen LogP contribution in [0.25, 0.3) is 0 Å². The molecular weight excluding hydrogens is 393 g/mol. The van der Waals surface area contributed by atoms with E-state index in [-0.39, 0.29) is 21.4 Å². The van der Waals surface area contributed by atoms with Crippen molar-refractivity contribution in [3.8, 4) is 0 Å². The van der Waals surface area contributed by atoms with Crippen molar-refractivity contribution in [2.75, 3.05) is 0 Å². The van der Waals surface area contributed by atoms with Crippen LogP contribution in [0.3, 0.4) is 0 Å². The van der Waals surface area contributed by atoms with Gasteiger partial charge >= 0.3 is 5.97 Å². The lowest BCUT2D eigenvalue weighted by atomic mass is 10.2. The van der Waals surface area contributed by atoms with Crippen LogP contribution in [0.5, 0.6) is 0 Å². The molecule has 0 heterocycles. The molecule has 20 heavy (non-hydrogen) atoms. The Bertz CT molecular complexity index is 625. The summed E-state index contributed by atoms with van der Waals surface area (Å²) in [5.74, 6) is -1.32. The minimum atomic E-state index is -4.17. The zero-order valence-electron chi connectivity index (χ0n) is 9.94. The number of rotatable bonds is 6. The molecule has 1 unspecified atom stereocenters. The number of carbonyl (C=O) groups is 1. The van der Waals surface area contributed by atoms with Crippen LogP contribution in [-0.4, -0.2) is 25.5 Å². The molecule has 2 N–H and O–H groups in total. The highest BCUT2D eigenvalue weighted by molar-refractivity contribution is 9.10. The van der Waals surface area contributed by atoms with Gasteiger partial charge in [-0.3, -0.25) is 4.79 Å². The molecule has 0 fully saturated rings. The van der Waals surface area contributed by atoms with Gasteiger partial charge in [-0.25, -0.2) is 8.42 Å². The Balaban J connectivity index is 3.24. The lowest BCUT2D eigenvalue weighted by Crippen LogP contribution is -2.40. The molecule has 0 saturated heterocycles. The average Bonchev–Trinajstić information content (AvgIpc) is 2.25. The summed E-state index contributed by atoms with van der Waals surface area (Å²) in [7, 11) is -4.17. The first kappa shape index (κ1) is 17.5. The Labute approximate surface area is 134 Å². The molecule has 1 rings (SSSR count). The first-order chi connectivity index (χ1) is 9.19. The number of sulfonamides is 1. The van der Waals surface area contributed by atoms with Crippen molar-refractivity contribution in [1.82, 2.24) is 4.72 Å². The third-order valence-electron chi connectivity index (χ3n) is 2.23. The van der Waals surface area contributed by atoms with E-state index in [4.69, 9.17) is 28.3 Å². The van der Waals surface area contributed by atoms with Crippen LogP contribution < -0.4 is 4.72 Å². The summed E-state index contributed by atoms with van der Waals surface area (Å²) in [5, 5.41) is 8.73. The van der Waals surface area contributed by atoms with Gasteiger partial charge in [-0.1, -0.05) is 45.2 Å². The van der Waals surface area contributed by atoms with Crippen LogP contribution in [0.2, 0.25) is 10.0 Å². The normalized spacial score (nSPS) is 12.9. The van der Waals surface area contributed by atoms with E-state index in [0.29, 0.717) is 4.47 Å².